The first kappa shape index (κ1) is 13.9. The van der Waals surface area contributed by atoms with Crippen molar-refractivity contribution in [3.63, 3.8) is 0 Å². The van der Waals surface area contributed by atoms with Crippen molar-refractivity contribution in [3.05, 3.63) is 36.0 Å². The maximum atomic E-state index is 5.43. The Kier molecular flexibility index (Phi) is 4.06. The van der Waals surface area contributed by atoms with E-state index in [0.29, 0.717) is 11.8 Å². The summed E-state index contributed by atoms with van der Waals surface area (Å²) < 4.78 is 10.7. The normalized spacial score (nSPS) is 16.2. The minimum absolute atomic E-state index is 0.625. The summed E-state index contributed by atoms with van der Waals surface area (Å²) in [7, 11) is 1.70. The summed E-state index contributed by atoms with van der Waals surface area (Å²) in [5.74, 6) is 2.22. The van der Waals surface area contributed by atoms with Gasteiger partial charge < -0.3 is 14.1 Å². The third-order valence-corrected chi connectivity index (χ3v) is 3.72. The molecule has 1 aromatic heterocycles. The molecule has 1 aliphatic heterocycles. The molecule has 1 aromatic carbocycles. The van der Waals surface area contributed by atoms with Gasteiger partial charge in [-0.25, -0.2) is 0 Å². The van der Waals surface area contributed by atoms with Crippen molar-refractivity contribution in [1.82, 2.24) is 15.1 Å². The SMILES string of the molecule is COc1cccc(N2CCN(Cc3nnc(C)o3)CC2)c1. The van der Waals surface area contributed by atoms with Gasteiger partial charge in [0, 0.05) is 44.9 Å². The molecule has 1 fully saturated rings. The second kappa shape index (κ2) is 6.13. The van der Waals surface area contributed by atoms with Gasteiger partial charge in [0.05, 0.1) is 13.7 Å². The van der Waals surface area contributed by atoms with Crippen LogP contribution >= 0.6 is 0 Å². The number of nitrogens with zero attached hydrogens (tertiary/aromatic N) is 4. The zero-order valence-electron chi connectivity index (χ0n) is 12.5. The molecule has 0 aliphatic carbocycles. The van der Waals surface area contributed by atoms with Crippen LogP contribution in [0.1, 0.15) is 11.8 Å². The summed E-state index contributed by atoms with van der Waals surface area (Å²) in [5, 5.41) is 7.92. The molecule has 0 amide bonds. The molecule has 1 saturated heterocycles. The van der Waals surface area contributed by atoms with Crippen molar-refractivity contribution in [3.8, 4) is 5.75 Å². The molecule has 112 valence electrons. The lowest BCUT2D eigenvalue weighted by atomic mass is 10.2. The summed E-state index contributed by atoms with van der Waals surface area (Å²) in [6.45, 7) is 6.49. The highest BCUT2D eigenvalue weighted by Crippen LogP contribution is 2.22. The number of aromatic nitrogens is 2. The van der Waals surface area contributed by atoms with Crippen LogP contribution in [0.4, 0.5) is 5.69 Å². The molecule has 0 bridgehead atoms. The Balaban J connectivity index is 1.57. The minimum atomic E-state index is 0.625. The van der Waals surface area contributed by atoms with E-state index < -0.39 is 0 Å². The maximum Gasteiger partial charge on any atom is 0.230 e. The Labute approximate surface area is 124 Å². The first-order valence-corrected chi connectivity index (χ1v) is 7.15. The second-order valence-corrected chi connectivity index (χ2v) is 5.18. The van der Waals surface area contributed by atoms with Crippen LogP contribution in [0.15, 0.2) is 28.7 Å². The van der Waals surface area contributed by atoms with Gasteiger partial charge in [0.15, 0.2) is 0 Å². The number of benzene rings is 1. The van der Waals surface area contributed by atoms with Crippen molar-refractivity contribution in [2.45, 2.75) is 13.5 Å². The molecule has 0 radical (unpaired) electrons. The summed E-state index contributed by atoms with van der Waals surface area (Å²) >= 11 is 0. The predicted molar refractivity (Wildman–Crippen MR) is 79.5 cm³/mol. The van der Waals surface area contributed by atoms with Crippen molar-refractivity contribution < 1.29 is 9.15 Å². The Morgan fingerprint density at radius 2 is 2.00 bits per heavy atom. The van der Waals surface area contributed by atoms with Crippen LogP contribution in [0, 0.1) is 6.92 Å². The Morgan fingerprint density at radius 1 is 1.19 bits per heavy atom. The molecule has 21 heavy (non-hydrogen) atoms. The molecule has 0 N–H and O–H groups in total. The topological polar surface area (TPSA) is 54.6 Å². The summed E-state index contributed by atoms with van der Waals surface area (Å²) in [4.78, 5) is 4.71. The average Bonchev–Trinajstić information content (AvgIpc) is 2.93. The van der Waals surface area contributed by atoms with Crippen molar-refractivity contribution in [1.29, 1.82) is 0 Å². The van der Waals surface area contributed by atoms with Crippen LogP contribution in [0.5, 0.6) is 5.75 Å². The lowest BCUT2D eigenvalue weighted by Crippen LogP contribution is -2.46. The van der Waals surface area contributed by atoms with E-state index in [2.05, 4.69) is 32.1 Å². The monoisotopic (exact) mass is 288 g/mol. The Hall–Kier alpha value is -2.08. The molecule has 6 nitrogen and oxygen atoms in total. The van der Waals surface area contributed by atoms with Crippen molar-refractivity contribution in [2.75, 3.05) is 38.2 Å². The molecule has 6 heteroatoms. The van der Waals surface area contributed by atoms with Gasteiger partial charge in [-0.3, -0.25) is 4.90 Å². The standard InChI is InChI=1S/C15H20N4O2/c1-12-16-17-15(21-12)11-18-6-8-19(9-7-18)13-4-3-5-14(10-13)20-2/h3-5,10H,6-9,11H2,1-2H3. The highest BCUT2D eigenvalue weighted by Gasteiger charge is 2.19. The number of aryl methyl sites for hydroxylation is 1. The highest BCUT2D eigenvalue weighted by molar-refractivity contribution is 5.51. The van der Waals surface area contributed by atoms with E-state index >= 15 is 0 Å². The fourth-order valence-electron chi connectivity index (χ4n) is 2.56. The molecule has 0 atom stereocenters. The van der Waals surface area contributed by atoms with E-state index in [1.807, 2.05) is 19.1 Å². The quantitative estimate of drug-likeness (QED) is 0.853. The van der Waals surface area contributed by atoms with Crippen LogP contribution in [-0.2, 0) is 6.54 Å². The highest BCUT2D eigenvalue weighted by atomic mass is 16.5. The van der Waals surface area contributed by atoms with Gasteiger partial charge in [-0.05, 0) is 12.1 Å². The lowest BCUT2D eigenvalue weighted by molar-refractivity contribution is 0.225. The Morgan fingerprint density at radius 3 is 2.67 bits per heavy atom. The van der Waals surface area contributed by atoms with E-state index in [1.165, 1.54) is 5.69 Å². The van der Waals surface area contributed by atoms with Crippen LogP contribution in [-0.4, -0.2) is 48.4 Å². The predicted octanol–water partition coefficient (Wildman–Crippen LogP) is 1.71. The smallest absolute Gasteiger partial charge is 0.230 e. The van der Waals surface area contributed by atoms with Gasteiger partial charge >= 0.3 is 0 Å². The first-order chi connectivity index (χ1) is 10.2. The van der Waals surface area contributed by atoms with Crippen molar-refractivity contribution in [2.24, 2.45) is 0 Å². The van der Waals surface area contributed by atoms with Crippen LogP contribution in [0.25, 0.3) is 0 Å². The van der Waals surface area contributed by atoms with Gasteiger partial charge in [-0.2, -0.15) is 0 Å². The molecule has 1 aliphatic rings. The van der Waals surface area contributed by atoms with Crippen LogP contribution < -0.4 is 9.64 Å². The zero-order chi connectivity index (χ0) is 14.7. The Bertz CT molecular complexity index is 591. The maximum absolute atomic E-state index is 5.43. The van der Waals surface area contributed by atoms with Gasteiger partial charge in [0.25, 0.3) is 0 Å². The minimum Gasteiger partial charge on any atom is -0.497 e. The third kappa shape index (κ3) is 3.33. The number of piperazine rings is 1. The molecule has 3 rings (SSSR count). The largest absolute Gasteiger partial charge is 0.497 e. The van der Waals surface area contributed by atoms with Gasteiger partial charge in [-0.1, -0.05) is 6.07 Å². The second-order valence-electron chi connectivity index (χ2n) is 5.18. The van der Waals surface area contributed by atoms with Gasteiger partial charge in [0.1, 0.15) is 5.75 Å². The first-order valence-electron chi connectivity index (χ1n) is 7.15. The third-order valence-electron chi connectivity index (χ3n) is 3.72. The molecular formula is C15H20N4O2. The fourth-order valence-corrected chi connectivity index (χ4v) is 2.56. The average molecular weight is 288 g/mol. The van der Waals surface area contributed by atoms with Crippen LogP contribution in [0.2, 0.25) is 0 Å². The molecule has 0 saturated carbocycles. The number of hydrogen-bond donors (Lipinski definition) is 0. The number of anilines is 1. The van der Waals surface area contributed by atoms with Crippen molar-refractivity contribution >= 4 is 5.69 Å². The summed E-state index contributed by atoms with van der Waals surface area (Å²) in [5.41, 5.74) is 1.21. The summed E-state index contributed by atoms with van der Waals surface area (Å²) in [6, 6.07) is 8.20. The van der Waals surface area contributed by atoms with E-state index in [1.54, 1.807) is 7.11 Å². The van der Waals surface area contributed by atoms with Crippen LogP contribution in [0.3, 0.4) is 0 Å². The molecule has 0 unspecified atom stereocenters. The molecule has 2 aromatic rings. The number of hydrogen-bond acceptors (Lipinski definition) is 6. The lowest BCUT2D eigenvalue weighted by Gasteiger charge is -2.35. The van der Waals surface area contributed by atoms with E-state index in [-0.39, 0.29) is 0 Å². The zero-order valence-corrected chi connectivity index (χ0v) is 12.5. The van der Waals surface area contributed by atoms with Gasteiger partial charge in [-0.15, -0.1) is 10.2 Å². The summed E-state index contributed by atoms with van der Waals surface area (Å²) in [6.07, 6.45) is 0. The number of rotatable bonds is 4. The van der Waals surface area contributed by atoms with E-state index in [0.717, 1.165) is 38.5 Å². The molecule has 2 heterocycles. The number of methoxy groups -OCH3 is 1. The number of ether oxygens (including phenoxy) is 1. The molecule has 0 spiro atoms. The fraction of sp³-hybridized carbons (Fsp3) is 0.467. The van der Waals surface area contributed by atoms with E-state index in [4.69, 9.17) is 9.15 Å². The molecular weight excluding hydrogens is 268 g/mol. The van der Waals surface area contributed by atoms with E-state index in [9.17, 15) is 0 Å². The van der Waals surface area contributed by atoms with Gasteiger partial charge in [0.2, 0.25) is 11.8 Å².